The fourth-order valence-corrected chi connectivity index (χ4v) is 3.19. The van der Waals surface area contributed by atoms with E-state index < -0.39 is 11.7 Å². The van der Waals surface area contributed by atoms with Gasteiger partial charge < -0.3 is 13.9 Å². The molecule has 0 aliphatic rings. The van der Waals surface area contributed by atoms with E-state index in [0.717, 1.165) is 23.3 Å². The first kappa shape index (κ1) is 24.2. The summed E-state index contributed by atoms with van der Waals surface area (Å²) in [5.41, 5.74) is 2.61. The van der Waals surface area contributed by atoms with Gasteiger partial charge in [0, 0.05) is 12.3 Å². The maximum absolute atomic E-state index is 12.7. The second kappa shape index (κ2) is 11.0. The summed E-state index contributed by atoms with van der Waals surface area (Å²) in [5.74, 6) is 1.02. The third-order valence-corrected chi connectivity index (χ3v) is 5.12. The zero-order chi connectivity index (χ0) is 24.7. The number of nitrogens with zero attached hydrogens (tertiary/aromatic N) is 4. The third kappa shape index (κ3) is 7.03. The molecule has 10 heteroatoms. The summed E-state index contributed by atoms with van der Waals surface area (Å²) in [4.78, 5) is 4.32. The highest BCUT2D eigenvalue weighted by molar-refractivity contribution is 5.66. The van der Waals surface area contributed by atoms with Crippen LogP contribution in [0.3, 0.4) is 0 Å². The lowest BCUT2D eigenvalue weighted by atomic mass is 10.1. The highest BCUT2D eigenvalue weighted by atomic mass is 19.4. The molecule has 7 nitrogen and oxygen atoms in total. The molecule has 0 spiro atoms. The largest absolute Gasteiger partial charge is 0.487 e. The van der Waals surface area contributed by atoms with E-state index in [1.54, 1.807) is 29.2 Å². The van der Waals surface area contributed by atoms with Crippen molar-refractivity contribution < 1.29 is 27.1 Å². The van der Waals surface area contributed by atoms with Gasteiger partial charge in [0.15, 0.2) is 0 Å². The lowest BCUT2D eigenvalue weighted by Gasteiger charge is -2.10. The number of ether oxygens (including phenoxy) is 2. The van der Waals surface area contributed by atoms with Crippen LogP contribution < -0.4 is 4.74 Å². The standard InChI is InChI=1S/C25H23F3N4O3/c1-18-14-23(8-5-20(18)15-33-13-12-32-11-10-29-31-32)34-16-22-17-35-24(30-22)9-4-19-2-6-21(7-3-19)25(26,27)28/h2-11,14,17H,12-13,15-16H2,1H3/b9-4+. The van der Waals surface area contributed by atoms with Crippen molar-refractivity contribution in [1.82, 2.24) is 20.0 Å². The minimum atomic E-state index is -4.36. The molecule has 4 rings (SSSR count). The first-order chi connectivity index (χ1) is 16.9. The molecule has 0 amide bonds. The molecular weight excluding hydrogens is 461 g/mol. The molecule has 0 saturated carbocycles. The van der Waals surface area contributed by atoms with Crippen molar-refractivity contribution >= 4 is 12.2 Å². The Morgan fingerprint density at radius 2 is 1.89 bits per heavy atom. The first-order valence-corrected chi connectivity index (χ1v) is 10.8. The van der Waals surface area contributed by atoms with Crippen LogP contribution in [0.4, 0.5) is 13.2 Å². The summed E-state index contributed by atoms with van der Waals surface area (Å²) < 4.78 is 56.6. The second-order valence-corrected chi connectivity index (χ2v) is 7.73. The Balaban J connectivity index is 1.25. The monoisotopic (exact) mass is 484 g/mol. The summed E-state index contributed by atoms with van der Waals surface area (Å²) in [6, 6.07) is 10.6. The normalized spacial score (nSPS) is 11.9. The maximum Gasteiger partial charge on any atom is 0.416 e. The van der Waals surface area contributed by atoms with Gasteiger partial charge in [0.05, 0.1) is 31.5 Å². The minimum absolute atomic E-state index is 0.213. The molecule has 0 atom stereocenters. The van der Waals surface area contributed by atoms with Crippen molar-refractivity contribution in [2.24, 2.45) is 0 Å². The van der Waals surface area contributed by atoms with Crippen LogP contribution >= 0.6 is 0 Å². The average molecular weight is 484 g/mol. The van der Waals surface area contributed by atoms with Gasteiger partial charge >= 0.3 is 6.18 Å². The van der Waals surface area contributed by atoms with E-state index in [4.69, 9.17) is 13.9 Å². The van der Waals surface area contributed by atoms with Crippen molar-refractivity contribution in [1.29, 1.82) is 0 Å². The zero-order valence-corrected chi connectivity index (χ0v) is 18.9. The van der Waals surface area contributed by atoms with Gasteiger partial charge in [-0.25, -0.2) is 4.98 Å². The maximum atomic E-state index is 12.7. The SMILES string of the molecule is Cc1cc(OCc2coc(/C=C/c3ccc(C(F)(F)F)cc3)n2)ccc1COCCn1ccnn1. The quantitative estimate of drug-likeness (QED) is 0.275. The van der Waals surface area contributed by atoms with E-state index in [2.05, 4.69) is 15.3 Å². The fourth-order valence-electron chi connectivity index (χ4n) is 3.19. The van der Waals surface area contributed by atoms with Gasteiger partial charge in [0.1, 0.15) is 24.3 Å². The number of aromatic nitrogens is 4. The van der Waals surface area contributed by atoms with Crippen molar-refractivity contribution in [2.45, 2.75) is 32.9 Å². The molecule has 2 aromatic carbocycles. The molecular formula is C25H23F3N4O3. The summed E-state index contributed by atoms with van der Waals surface area (Å²) in [7, 11) is 0. The van der Waals surface area contributed by atoms with Gasteiger partial charge in [-0.2, -0.15) is 13.2 Å². The number of benzene rings is 2. The highest BCUT2D eigenvalue weighted by Gasteiger charge is 2.29. The number of oxazole rings is 1. The molecule has 182 valence electrons. The molecule has 2 aromatic heterocycles. The van der Waals surface area contributed by atoms with E-state index >= 15 is 0 Å². The van der Waals surface area contributed by atoms with Gasteiger partial charge in [-0.3, -0.25) is 4.68 Å². The average Bonchev–Trinajstić information content (AvgIpc) is 3.52. The molecule has 0 aliphatic carbocycles. The van der Waals surface area contributed by atoms with Crippen LogP contribution in [0.5, 0.6) is 5.75 Å². The molecule has 0 fully saturated rings. The van der Waals surface area contributed by atoms with E-state index in [-0.39, 0.29) is 6.61 Å². The molecule has 35 heavy (non-hydrogen) atoms. The van der Waals surface area contributed by atoms with Crippen LogP contribution in [-0.4, -0.2) is 26.6 Å². The smallest absolute Gasteiger partial charge is 0.416 e. The second-order valence-electron chi connectivity index (χ2n) is 7.73. The number of halogens is 3. The Kier molecular flexibility index (Phi) is 7.61. The Hall–Kier alpha value is -3.92. The Bertz CT molecular complexity index is 1250. The third-order valence-electron chi connectivity index (χ3n) is 5.12. The predicted molar refractivity (Wildman–Crippen MR) is 122 cm³/mol. The van der Waals surface area contributed by atoms with Crippen LogP contribution in [0.25, 0.3) is 12.2 Å². The fraction of sp³-hybridized carbons (Fsp3) is 0.240. The molecule has 0 N–H and O–H groups in total. The van der Waals surface area contributed by atoms with E-state index in [1.165, 1.54) is 18.4 Å². The van der Waals surface area contributed by atoms with Gasteiger partial charge in [0.2, 0.25) is 5.89 Å². The van der Waals surface area contributed by atoms with Crippen molar-refractivity contribution in [3.63, 3.8) is 0 Å². The van der Waals surface area contributed by atoms with Crippen LogP contribution in [0.1, 0.15) is 33.8 Å². The first-order valence-electron chi connectivity index (χ1n) is 10.8. The van der Waals surface area contributed by atoms with Crippen molar-refractivity contribution in [2.75, 3.05) is 6.61 Å². The van der Waals surface area contributed by atoms with Gasteiger partial charge in [-0.1, -0.05) is 23.4 Å². The van der Waals surface area contributed by atoms with Crippen LogP contribution in [0, 0.1) is 6.92 Å². The van der Waals surface area contributed by atoms with Crippen LogP contribution in [0.2, 0.25) is 0 Å². The molecule has 0 bridgehead atoms. The molecule has 0 unspecified atom stereocenters. The molecule has 2 heterocycles. The lowest BCUT2D eigenvalue weighted by molar-refractivity contribution is -0.137. The predicted octanol–water partition coefficient (Wildman–Crippen LogP) is 5.56. The summed E-state index contributed by atoms with van der Waals surface area (Å²) in [6.07, 6.45) is 3.76. The summed E-state index contributed by atoms with van der Waals surface area (Å²) >= 11 is 0. The van der Waals surface area contributed by atoms with Crippen molar-refractivity contribution in [3.8, 4) is 5.75 Å². The summed E-state index contributed by atoms with van der Waals surface area (Å²) in [5, 5.41) is 7.64. The summed E-state index contributed by atoms with van der Waals surface area (Å²) in [6.45, 7) is 3.86. The number of hydrogen-bond acceptors (Lipinski definition) is 6. The van der Waals surface area contributed by atoms with E-state index in [0.29, 0.717) is 42.7 Å². The van der Waals surface area contributed by atoms with Crippen LogP contribution in [0.15, 0.2) is 65.5 Å². The van der Waals surface area contributed by atoms with Gasteiger partial charge in [0.25, 0.3) is 0 Å². The zero-order valence-electron chi connectivity index (χ0n) is 18.9. The van der Waals surface area contributed by atoms with E-state index in [9.17, 15) is 13.2 Å². The Morgan fingerprint density at radius 1 is 1.06 bits per heavy atom. The van der Waals surface area contributed by atoms with Gasteiger partial charge in [-0.15, -0.1) is 5.10 Å². The lowest BCUT2D eigenvalue weighted by Crippen LogP contribution is -2.07. The Labute approximate surface area is 199 Å². The van der Waals surface area contributed by atoms with Crippen molar-refractivity contribution in [3.05, 3.63) is 95.0 Å². The Morgan fingerprint density at radius 3 is 2.60 bits per heavy atom. The van der Waals surface area contributed by atoms with Crippen LogP contribution in [-0.2, 0) is 30.7 Å². The topological polar surface area (TPSA) is 75.2 Å². The molecule has 0 saturated heterocycles. The number of hydrogen-bond donors (Lipinski definition) is 0. The molecule has 4 aromatic rings. The highest BCUT2D eigenvalue weighted by Crippen LogP contribution is 2.29. The number of rotatable bonds is 10. The number of alkyl halides is 3. The van der Waals surface area contributed by atoms with E-state index in [1.807, 2.05) is 25.1 Å². The molecule has 0 aliphatic heterocycles. The molecule has 0 radical (unpaired) electrons. The minimum Gasteiger partial charge on any atom is -0.487 e. The number of aryl methyl sites for hydroxylation is 1. The van der Waals surface area contributed by atoms with Gasteiger partial charge in [-0.05, 0) is 54.0 Å².